The Morgan fingerprint density at radius 2 is 2.18 bits per heavy atom. The van der Waals surface area contributed by atoms with Gasteiger partial charge in [0.1, 0.15) is 11.6 Å². The Hall–Kier alpha value is -2.08. The van der Waals surface area contributed by atoms with Gasteiger partial charge in [-0.1, -0.05) is 19.1 Å². The van der Waals surface area contributed by atoms with Crippen LogP contribution in [0.5, 0.6) is 0 Å². The molecule has 86 valence electrons. The summed E-state index contributed by atoms with van der Waals surface area (Å²) >= 11 is 0. The second kappa shape index (κ2) is 4.42. The number of hydrogen-bond acceptors (Lipinski definition) is 2. The molecule has 0 radical (unpaired) electrons. The molecule has 1 heterocycles. The Balaban J connectivity index is 2.94. The summed E-state index contributed by atoms with van der Waals surface area (Å²) in [6.07, 6.45) is 2.64. The Morgan fingerprint density at radius 1 is 1.41 bits per heavy atom. The lowest BCUT2D eigenvalue weighted by atomic mass is 10.1. The van der Waals surface area contributed by atoms with Crippen molar-refractivity contribution in [3.63, 3.8) is 0 Å². The topological polar surface area (TPSA) is 45.8 Å². The van der Waals surface area contributed by atoms with Crippen LogP contribution in [-0.2, 0) is 6.54 Å². The fourth-order valence-electron chi connectivity index (χ4n) is 2.14. The van der Waals surface area contributed by atoms with Crippen LogP contribution in [0.1, 0.15) is 24.5 Å². The summed E-state index contributed by atoms with van der Waals surface area (Å²) in [7, 11) is 0. The van der Waals surface area contributed by atoms with Gasteiger partial charge in [0.15, 0.2) is 0 Å². The van der Waals surface area contributed by atoms with Crippen LogP contribution in [-0.4, -0.2) is 4.57 Å². The van der Waals surface area contributed by atoms with Crippen molar-refractivity contribution in [3.05, 3.63) is 45.7 Å². The first-order chi connectivity index (χ1) is 8.19. The fraction of sp³-hybridized carbons (Fsp3) is 0.286. The molecule has 1 aromatic carbocycles. The zero-order chi connectivity index (χ0) is 12.4. The first-order valence-corrected chi connectivity index (χ1v) is 5.72. The molecule has 2 rings (SSSR count). The molecule has 0 spiro atoms. The lowest BCUT2D eigenvalue weighted by Gasteiger charge is -2.12. The van der Waals surface area contributed by atoms with Crippen molar-refractivity contribution in [1.29, 1.82) is 5.26 Å². The molecule has 0 saturated heterocycles. The molecule has 1 aromatic heterocycles. The Morgan fingerprint density at radius 3 is 2.82 bits per heavy atom. The lowest BCUT2D eigenvalue weighted by molar-refractivity contribution is 0.695. The van der Waals surface area contributed by atoms with E-state index in [2.05, 4.69) is 6.92 Å². The van der Waals surface area contributed by atoms with Gasteiger partial charge in [0.2, 0.25) is 5.43 Å². The summed E-state index contributed by atoms with van der Waals surface area (Å²) in [5.41, 5.74) is 2.06. The highest BCUT2D eigenvalue weighted by molar-refractivity contribution is 5.83. The van der Waals surface area contributed by atoms with E-state index < -0.39 is 0 Å². The number of nitrogens with zero attached hydrogens (tertiary/aromatic N) is 2. The normalized spacial score (nSPS) is 10.4. The average Bonchev–Trinajstić information content (AvgIpc) is 2.33. The van der Waals surface area contributed by atoms with E-state index in [1.54, 1.807) is 12.3 Å². The van der Waals surface area contributed by atoms with Gasteiger partial charge in [-0.05, 0) is 25.0 Å². The third kappa shape index (κ3) is 1.83. The molecular formula is C14H14N2O. The third-order valence-corrected chi connectivity index (χ3v) is 2.88. The smallest absolute Gasteiger partial charge is 0.207 e. The van der Waals surface area contributed by atoms with Gasteiger partial charge in [0, 0.05) is 18.1 Å². The van der Waals surface area contributed by atoms with E-state index in [0.717, 1.165) is 24.0 Å². The largest absolute Gasteiger partial charge is 0.346 e. The van der Waals surface area contributed by atoms with Gasteiger partial charge in [-0.3, -0.25) is 4.79 Å². The molecule has 0 amide bonds. The maximum atomic E-state index is 12.0. The van der Waals surface area contributed by atoms with E-state index in [0.29, 0.717) is 5.39 Å². The van der Waals surface area contributed by atoms with E-state index >= 15 is 0 Å². The zero-order valence-electron chi connectivity index (χ0n) is 10.0. The molecule has 0 aliphatic heterocycles. The zero-order valence-corrected chi connectivity index (χ0v) is 10.0. The number of pyridine rings is 1. The number of hydrogen-bond donors (Lipinski definition) is 0. The van der Waals surface area contributed by atoms with Gasteiger partial charge in [0.25, 0.3) is 0 Å². The number of aryl methyl sites for hydroxylation is 2. The second-order valence-electron chi connectivity index (χ2n) is 4.15. The summed E-state index contributed by atoms with van der Waals surface area (Å²) in [6.45, 7) is 4.88. The molecule has 3 heteroatoms. The van der Waals surface area contributed by atoms with Gasteiger partial charge in [-0.25, -0.2) is 0 Å². The highest BCUT2D eigenvalue weighted by Crippen LogP contribution is 2.16. The quantitative estimate of drug-likeness (QED) is 0.790. The Kier molecular flexibility index (Phi) is 2.97. The third-order valence-electron chi connectivity index (χ3n) is 2.88. The molecule has 0 saturated carbocycles. The minimum Gasteiger partial charge on any atom is -0.346 e. The first kappa shape index (κ1) is 11.4. The molecule has 0 fully saturated rings. The maximum Gasteiger partial charge on any atom is 0.207 e. The number of aromatic nitrogens is 1. The first-order valence-electron chi connectivity index (χ1n) is 5.72. The van der Waals surface area contributed by atoms with Gasteiger partial charge in [0.05, 0.1) is 5.52 Å². The molecule has 0 N–H and O–H groups in total. The number of fused-ring (bicyclic) bond motifs is 1. The van der Waals surface area contributed by atoms with Crippen molar-refractivity contribution in [2.75, 3.05) is 0 Å². The number of nitriles is 1. The SMILES string of the molecule is CCCn1cc(C#N)c(=O)c2cccc(C)c21. The van der Waals surface area contributed by atoms with Crippen LogP contribution in [0.15, 0.2) is 29.2 Å². The molecule has 3 nitrogen and oxygen atoms in total. The average molecular weight is 226 g/mol. The van der Waals surface area contributed by atoms with Crippen LogP contribution in [0.4, 0.5) is 0 Å². The van der Waals surface area contributed by atoms with Crippen LogP contribution in [0.3, 0.4) is 0 Å². The lowest BCUT2D eigenvalue weighted by Crippen LogP contribution is -2.13. The standard InChI is InChI=1S/C14H14N2O/c1-3-7-16-9-11(8-15)14(17)12-6-4-5-10(2)13(12)16/h4-6,9H,3,7H2,1-2H3. The molecule has 0 aliphatic rings. The van der Waals surface area contributed by atoms with Crippen molar-refractivity contribution in [1.82, 2.24) is 4.57 Å². The Bertz CT molecular complexity index is 662. The van der Waals surface area contributed by atoms with Gasteiger partial charge >= 0.3 is 0 Å². The van der Waals surface area contributed by atoms with Crippen molar-refractivity contribution in [2.24, 2.45) is 0 Å². The number of benzene rings is 1. The monoisotopic (exact) mass is 226 g/mol. The van der Waals surface area contributed by atoms with Crippen molar-refractivity contribution in [2.45, 2.75) is 26.8 Å². The fourth-order valence-corrected chi connectivity index (χ4v) is 2.14. The van der Waals surface area contributed by atoms with Gasteiger partial charge in [-0.2, -0.15) is 5.26 Å². The van der Waals surface area contributed by atoms with Gasteiger partial charge < -0.3 is 4.57 Å². The summed E-state index contributed by atoms with van der Waals surface area (Å²) < 4.78 is 2.00. The van der Waals surface area contributed by atoms with Crippen LogP contribution in [0, 0.1) is 18.3 Å². The van der Waals surface area contributed by atoms with Crippen LogP contribution >= 0.6 is 0 Å². The number of para-hydroxylation sites is 1. The van der Waals surface area contributed by atoms with E-state index in [9.17, 15) is 4.79 Å². The van der Waals surface area contributed by atoms with Crippen molar-refractivity contribution >= 4 is 10.9 Å². The van der Waals surface area contributed by atoms with E-state index in [1.807, 2.05) is 29.7 Å². The van der Waals surface area contributed by atoms with E-state index in [4.69, 9.17) is 5.26 Å². The van der Waals surface area contributed by atoms with Crippen LogP contribution < -0.4 is 5.43 Å². The highest BCUT2D eigenvalue weighted by atomic mass is 16.1. The minimum atomic E-state index is -0.168. The highest BCUT2D eigenvalue weighted by Gasteiger charge is 2.09. The molecule has 0 aliphatic carbocycles. The second-order valence-corrected chi connectivity index (χ2v) is 4.15. The molecule has 17 heavy (non-hydrogen) atoms. The predicted molar refractivity (Wildman–Crippen MR) is 68.0 cm³/mol. The minimum absolute atomic E-state index is 0.168. The maximum absolute atomic E-state index is 12.0. The summed E-state index contributed by atoms with van der Waals surface area (Å²) in [5.74, 6) is 0. The summed E-state index contributed by atoms with van der Waals surface area (Å²) in [4.78, 5) is 12.0. The molecule has 0 atom stereocenters. The Labute approximate surface area is 99.9 Å². The van der Waals surface area contributed by atoms with Crippen LogP contribution in [0.2, 0.25) is 0 Å². The number of rotatable bonds is 2. The summed E-state index contributed by atoms with van der Waals surface area (Å²) in [5, 5.41) is 9.61. The molecule has 0 bridgehead atoms. The molecule has 0 unspecified atom stereocenters. The van der Waals surface area contributed by atoms with Crippen molar-refractivity contribution in [3.8, 4) is 6.07 Å². The van der Waals surface area contributed by atoms with E-state index in [1.165, 1.54) is 0 Å². The van der Waals surface area contributed by atoms with Crippen LogP contribution in [0.25, 0.3) is 10.9 Å². The predicted octanol–water partition coefficient (Wildman–Crippen LogP) is 2.59. The van der Waals surface area contributed by atoms with Crippen molar-refractivity contribution < 1.29 is 0 Å². The summed E-state index contributed by atoms with van der Waals surface area (Å²) in [6, 6.07) is 7.61. The molecular weight excluding hydrogens is 212 g/mol. The molecule has 2 aromatic rings. The van der Waals surface area contributed by atoms with Gasteiger partial charge in [-0.15, -0.1) is 0 Å². The van der Waals surface area contributed by atoms with E-state index in [-0.39, 0.29) is 11.0 Å².